The quantitative estimate of drug-likeness (QED) is 0.214. The molecule has 0 radical (unpaired) electrons. The number of aldehydes is 3. The Morgan fingerprint density at radius 2 is 2.03 bits per heavy atom. The fourth-order valence-electron chi connectivity index (χ4n) is 4.71. The highest BCUT2D eigenvalue weighted by atomic mass is 35.5. The zero-order valence-electron chi connectivity index (χ0n) is 21.7. The molecular formula is C29H37ClN2O5. The second-order valence-corrected chi connectivity index (χ2v) is 9.81. The van der Waals surface area contributed by atoms with Gasteiger partial charge in [-0.3, -0.25) is 9.69 Å². The maximum atomic E-state index is 11.7. The summed E-state index contributed by atoms with van der Waals surface area (Å²) in [4.78, 5) is 38.2. The third kappa shape index (κ3) is 8.20. The molecule has 7 nitrogen and oxygen atoms in total. The van der Waals surface area contributed by atoms with E-state index in [1.54, 1.807) is 12.1 Å². The minimum atomic E-state index is -0.400. The summed E-state index contributed by atoms with van der Waals surface area (Å²) in [5.41, 5.74) is 3.70. The van der Waals surface area contributed by atoms with Crippen LogP contribution in [-0.2, 0) is 27.5 Å². The van der Waals surface area contributed by atoms with E-state index < -0.39 is 6.04 Å². The van der Waals surface area contributed by atoms with Gasteiger partial charge < -0.3 is 24.0 Å². The number of rotatable bonds is 17. The fraction of sp³-hybridized carbons (Fsp3) is 0.483. The highest BCUT2D eigenvalue weighted by Crippen LogP contribution is 2.34. The van der Waals surface area contributed by atoms with Crippen molar-refractivity contribution in [2.24, 2.45) is 0 Å². The molecule has 1 heterocycles. The standard InChI is InChI=1S/C29H37ClN2O5/c1-3-32(14-12-29-26-17-24(30)11-10-23(26)21-37-29)13-6-16-36-28-9-4-7-22(19-34)27(28)18-31(2)25(20-35)8-5-15-33/h4,7,9-11,15,17,19-20,25,29H,3,5-6,8,12-14,16,18,21H2,1-2H3. The largest absolute Gasteiger partial charge is 0.493 e. The molecule has 3 rings (SSSR count). The summed E-state index contributed by atoms with van der Waals surface area (Å²) in [6, 6.07) is 11.0. The second-order valence-electron chi connectivity index (χ2n) is 9.37. The van der Waals surface area contributed by atoms with E-state index in [1.165, 1.54) is 11.1 Å². The number of nitrogens with zero attached hydrogens (tertiary/aromatic N) is 2. The first-order chi connectivity index (χ1) is 18.0. The smallest absolute Gasteiger partial charge is 0.150 e. The van der Waals surface area contributed by atoms with Gasteiger partial charge in [0.05, 0.1) is 25.4 Å². The summed E-state index contributed by atoms with van der Waals surface area (Å²) < 4.78 is 12.1. The van der Waals surface area contributed by atoms with E-state index in [1.807, 2.05) is 36.2 Å². The lowest BCUT2D eigenvalue weighted by atomic mass is 10.0. The Morgan fingerprint density at radius 3 is 2.76 bits per heavy atom. The van der Waals surface area contributed by atoms with Gasteiger partial charge in [0.1, 0.15) is 18.3 Å². The molecule has 2 aromatic carbocycles. The molecule has 2 unspecified atom stereocenters. The average Bonchev–Trinajstić information content (AvgIpc) is 3.31. The number of carbonyl (C=O) groups excluding carboxylic acids is 3. The molecule has 0 spiro atoms. The molecule has 37 heavy (non-hydrogen) atoms. The fourth-order valence-corrected chi connectivity index (χ4v) is 4.89. The molecule has 1 aliphatic heterocycles. The average molecular weight is 529 g/mol. The summed E-state index contributed by atoms with van der Waals surface area (Å²) in [5, 5.41) is 0.741. The third-order valence-corrected chi connectivity index (χ3v) is 7.17. The number of carbonyl (C=O) groups is 3. The van der Waals surface area contributed by atoms with E-state index >= 15 is 0 Å². The monoisotopic (exact) mass is 528 g/mol. The van der Waals surface area contributed by atoms with Gasteiger partial charge in [-0.1, -0.05) is 36.7 Å². The van der Waals surface area contributed by atoms with Gasteiger partial charge in [-0.2, -0.15) is 0 Å². The highest BCUT2D eigenvalue weighted by molar-refractivity contribution is 6.30. The number of fused-ring (bicyclic) bond motifs is 1. The number of ether oxygens (including phenoxy) is 2. The van der Waals surface area contributed by atoms with E-state index in [0.29, 0.717) is 43.9 Å². The molecule has 2 aromatic rings. The maximum Gasteiger partial charge on any atom is 0.150 e. The van der Waals surface area contributed by atoms with E-state index in [-0.39, 0.29) is 6.10 Å². The number of likely N-dealkylation sites (N-methyl/N-ethyl adjacent to an activating group) is 1. The molecule has 200 valence electrons. The van der Waals surface area contributed by atoms with E-state index in [9.17, 15) is 14.4 Å². The molecule has 2 atom stereocenters. The lowest BCUT2D eigenvalue weighted by Gasteiger charge is -2.25. The van der Waals surface area contributed by atoms with Crippen LogP contribution < -0.4 is 4.74 Å². The van der Waals surface area contributed by atoms with Crippen LogP contribution >= 0.6 is 11.6 Å². The van der Waals surface area contributed by atoms with Crippen LogP contribution in [0.5, 0.6) is 5.75 Å². The SMILES string of the molecule is CCN(CCCOc1cccc(C=O)c1CN(C)C(C=O)CCC=O)CCC1OCc2ccc(Cl)cc21. The zero-order chi connectivity index (χ0) is 26.6. The van der Waals surface area contributed by atoms with Crippen molar-refractivity contribution < 1.29 is 23.9 Å². The molecule has 0 N–H and O–H groups in total. The van der Waals surface area contributed by atoms with E-state index in [2.05, 4.69) is 11.8 Å². The molecule has 0 saturated heterocycles. The van der Waals surface area contributed by atoms with Gasteiger partial charge in [-0.05, 0) is 62.2 Å². The molecular weight excluding hydrogens is 492 g/mol. The van der Waals surface area contributed by atoms with Crippen molar-refractivity contribution in [3.63, 3.8) is 0 Å². The van der Waals surface area contributed by atoms with E-state index in [4.69, 9.17) is 21.1 Å². The van der Waals surface area contributed by atoms with Gasteiger partial charge in [0.15, 0.2) is 6.29 Å². The van der Waals surface area contributed by atoms with Crippen molar-refractivity contribution in [2.45, 2.75) is 57.9 Å². The molecule has 0 bridgehead atoms. The van der Waals surface area contributed by atoms with Crippen LogP contribution in [0.2, 0.25) is 5.02 Å². The van der Waals surface area contributed by atoms with Gasteiger partial charge in [0.2, 0.25) is 0 Å². The van der Waals surface area contributed by atoms with Crippen LogP contribution in [0.4, 0.5) is 0 Å². The molecule has 0 saturated carbocycles. The minimum absolute atomic E-state index is 0.0753. The van der Waals surface area contributed by atoms with Crippen LogP contribution in [0, 0.1) is 0 Å². The lowest BCUT2D eigenvalue weighted by molar-refractivity contribution is -0.113. The van der Waals surface area contributed by atoms with Gasteiger partial charge >= 0.3 is 0 Å². The van der Waals surface area contributed by atoms with Crippen LogP contribution in [0.3, 0.4) is 0 Å². The summed E-state index contributed by atoms with van der Waals surface area (Å²) in [6.45, 7) is 6.40. The van der Waals surface area contributed by atoms with Crippen molar-refractivity contribution in [1.82, 2.24) is 9.80 Å². The predicted molar refractivity (Wildman–Crippen MR) is 144 cm³/mol. The number of hydrogen-bond donors (Lipinski definition) is 0. The maximum absolute atomic E-state index is 11.7. The second kappa shape index (κ2) is 15.0. The Morgan fingerprint density at radius 1 is 1.19 bits per heavy atom. The molecule has 0 fully saturated rings. The topological polar surface area (TPSA) is 76.2 Å². The van der Waals surface area contributed by atoms with Crippen molar-refractivity contribution in [3.8, 4) is 5.75 Å². The predicted octanol–water partition coefficient (Wildman–Crippen LogP) is 4.88. The minimum Gasteiger partial charge on any atom is -0.493 e. The first kappa shape index (κ1) is 29.0. The van der Waals surface area contributed by atoms with Crippen molar-refractivity contribution in [1.29, 1.82) is 0 Å². The Bertz CT molecular complexity index is 1050. The normalized spacial score (nSPS) is 15.5. The van der Waals surface area contributed by atoms with Gasteiger partial charge in [0.25, 0.3) is 0 Å². The summed E-state index contributed by atoms with van der Waals surface area (Å²) in [7, 11) is 1.81. The first-order valence-electron chi connectivity index (χ1n) is 12.9. The van der Waals surface area contributed by atoms with Crippen LogP contribution in [0.25, 0.3) is 0 Å². The highest BCUT2D eigenvalue weighted by Gasteiger charge is 2.24. The van der Waals surface area contributed by atoms with Crippen molar-refractivity contribution >= 4 is 30.5 Å². The number of benzene rings is 2. The van der Waals surface area contributed by atoms with E-state index in [0.717, 1.165) is 61.9 Å². The van der Waals surface area contributed by atoms with Gasteiger partial charge in [-0.25, -0.2) is 0 Å². The van der Waals surface area contributed by atoms with Crippen LogP contribution in [0.15, 0.2) is 36.4 Å². The summed E-state index contributed by atoms with van der Waals surface area (Å²) in [5.74, 6) is 0.646. The Balaban J connectivity index is 1.52. The van der Waals surface area contributed by atoms with Gasteiger partial charge in [0, 0.05) is 42.2 Å². The number of hydrogen-bond acceptors (Lipinski definition) is 7. The van der Waals surface area contributed by atoms with Crippen LogP contribution in [0.1, 0.15) is 65.8 Å². The van der Waals surface area contributed by atoms with Crippen LogP contribution in [-0.4, -0.2) is 68.0 Å². The lowest BCUT2D eigenvalue weighted by Crippen LogP contribution is -2.33. The first-order valence-corrected chi connectivity index (χ1v) is 13.3. The summed E-state index contributed by atoms with van der Waals surface area (Å²) >= 11 is 6.18. The molecule has 1 aliphatic rings. The zero-order valence-corrected chi connectivity index (χ0v) is 22.5. The number of halogens is 1. The van der Waals surface area contributed by atoms with Crippen molar-refractivity contribution in [2.75, 3.05) is 33.3 Å². The Kier molecular flexibility index (Phi) is 11.7. The Hall–Kier alpha value is -2.58. The Labute approximate surface area is 224 Å². The molecule has 8 heteroatoms. The molecule has 0 amide bonds. The summed E-state index contributed by atoms with van der Waals surface area (Å²) in [6.07, 6.45) is 5.04. The van der Waals surface area contributed by atoms with Gasteiger partial charge in [-0.15, -0.1) is 0 Å². The molecule has 0 aromatic heterocycles. The van der Waals surface area contributed by atoms with Crippen molar-refractivity contribution in [3.05, 3.63) is 63.7 Å². The third-order valence-electron chi connectivity index (χ3n) is 6.93. The molecule has 0 aliphatic carbocycles.